The predicted molar refractivity (Wildman–Crippen MR) is 70.9 cm³/mol. The summed E-state index contributed by atoms with van der Waals surface area (Å²) in [6.45, 7) is 5.50. The Morgan fingerprint density at radius 3 is 2.81 bits per heavy atom. The molecule has 4 atom stereocenters. The van der Waals surface area contributed by atoms with Crippen molar-refractivity contribution < 1.29 is 5.11 Å². The number of rotatable bonds is 3. The van der Waals surface area contributed by atoms with E-state index >= 15 is 0 Å². The molecule has 1 heterocycles. The van der Waals surface area contributed by atoms with Crippen LogP contribution in [0.4, 0.5) is 0 Å². The third kappa shape index (κ3) is 3.14. The van der Waals surface area contributed by atoms with E-state index in [0.717, 1.165) is 36.3 Å². The van der Waals surface area contributed by atoms with Crippen LogP contribution in [0.1, 0.15) is 39.5 Å². The zero-order chi connectivity index (χ0) is 11.6. The minimum Gasteiger partial charge on any atom is -0.388 e. The molecule has 0 bridgehead atoms. The Morgan fingerprint density at radius 2 is 2.19 bits per heavy atom. The Kier molecular flexibility index (Phi) is 4.20. The molecule has 1 aliphatic carbocycles. The van der Waals surface area contributed by atoms with Gasteiger partial charge in [-0.1, -0.05) is 13.8 Å². The van der Waals surface area contributed by atoms with Gasteiger partial charge in [0.25, 0.3) is 0 Å². The van der Waals surface area contributed by atoms with E-state index in [0.29, 0.717) is 6.04 Å². The molecule has 0 radical (unpaired) electrons. The number of aliphatic hydroxyl groups is 1. The van der Waals surface area contributed by atoms with Gasteiger partial charge in [-0.3, -0.25) is 0 Å². The maximum absolute atomic E-state index is 10.3. The lowest BCUT2D eigenvalue weighted by Gasteiger charge is -2.35. The molecule has 0 aromatic rings. The van der Waals surface area contributed by atoms with Crippen molar-refractivity contribution in [3.63, 3.8) is 0 Å². The number of hydrogen-bond acceptors (Lipinski definition) is 3. The summed E-state index contributed by atoms with van der Waals surface area (Å²) in [6.07, 6.45) is 4.92. The van der Waals surface area contributed by atoms with Gasteiger partial charge < -0.3 is 10.4 Å². The van der Waals surface area contributed by atoms with Crippen molar-refractivity contribution >= 4 is 11.8 Å². The van der Waals surface area contributed by atoms with Crippen molar-refractivity contribution in [1.82, 2.24) is 5.32 Å². The van der Waals surface area contributed by atoms with Crippen LogP contribution in [0.2, 0.25) is 0 Å². The number of hydrogen-bond donors (Lipinski definition) is 2. The average molecular weight is 243 g/mol. The molecule has 2 N–H and O–H groups in total. The Hall–Kier alpha value is 0.270. The van der Waals surface area contributed by atoms with E-state index in [1.54, 1.807) is 0 Å². The predicted octanol–water partition coefficient (Wildman–Crippen LogP) is 2.27. The van der Waals surface area contributed by atoms with Gasteiger partial charge in [-0.25, -0.2) is 0 Å². The van der Waals surface area contributed by atoms with E-state index in [1.165, 1.54) is 19.3 Å². The van der Waals surface area contributed by atoms with Gasteiger partial charge in [-0.2, -0.15) is 11.8 Å². The first-order valence-electron chi connectivity index (χ1n) is 6.62. The summed E-state index contributed by atoms with van der Waals surface area (Å²) >= 11 is 1.88. The Labute approximate surface area is 104 Å². The fraction of sp³-hybridized carbons (Fsp3) is 1.00. The summed E-state index contributed by atoms with van der Waals surface area (Å²) in [5, 5.41) is 13.9. The van der Waals surface area contributed by atoms with Gasteiger partial charge >= 0.3 is 0 Å². The summed E-state index contributed by atoms with van der Waals surface area (Å²) in [5.74, 6) is 3.69. The van der Waals surface area contributed by atoms with Gasteiger partial charge in [0.15, 0.2) is 0 Å². The maximum atomic E-state index is 10.3. The highest BCUT2D eigenvalue weighted by Crippen LogP contribution is 2.30. The molecule has 94 valence electrons. The van der Waals surface area contributed by atoms with Crippen LogP contribution >= 0.6 is 11.8 Å². The van der Waals surface area contributed by atoms with Crippen LogP contribution < -0.4 is 5.32 Å². The largest absolute Gasteiger partial charge is 0.388 e. The molecule has 0 aromatic heterocycles. The highest BCUT2D eigenvalue weighted by Gasteiger charge is 2.33. The van der Waals surface area contributed by atoms with Crippen molar-refractivity contribution in [2.45, 2.75) is 51.2 Å². The molecule has 2 nitrogen and oxygen atoms in total. The average Bonchev–Trinajstić information content (AvgIpc) is 2.64. The number of nitrogens with one attached hydrogen (secondary N) is 1. The molecular weight excluding hydrogens is 218 g/mol. The third-order valence-electron chi connectivity index (χ3n) is 4.21. The van der Waals surface area contributed by atoms with Gasteiger partial charge in [-0.05, 0) is 43.3 Å². The summed E-state index contributed by atoms with van der Waals surface area (Å²) in [6, 6.07) is 0.630. The van der Waals surface area contributed by atoms with Gasteiger partial charge in [0.2, 0.25) is 0 Å². The highest BCUT2D eigenvalue weighted by molar-refractivity contribution is 7.99. The minimum absolute atomic E-state index is 0.423. The van der Waals surface area contributed by atoms with Gasteiger partial charge in [0.1, 0.15) is 0 Å². The lowest BCUT2D eigenvalue weighted by atomic mass is 9.79. The topological polar surface area (TPSA) is 32.3 Å². The Morgan fingerprint density at radius 1 is 1.38 bits per heavy atom. The second kappa shape index (κ2) is 5.28. The molecular formula is C13H25NOS. The van der Waals surface area contributed by atoms with Crippen molar-refractivity contribution in [3.8, 4) is 0 Å². The quantitative estimate of drug-likeness (QED) is 0.797. The van der Waals surface area contributed by atoms with Crippen molar-refractivity contribution in [3.05, 3.63) is 0 Å². The normalized spacial score (nSPS) is 44.8. The Balaban J connectivity index is 1.77. The molecule has 2 aliphatic rings. The van der Waals surface area contributed by atoms with Crippen molar-refractivity contribution in [2.24, 2.45) is 11.8 Å². The van der Waals surface area contributed by atoms with Crippen LogP contribution in [0, 0.1) is 11.8 Å². The third-order valence-corrected chi connectivity index (χ3v) is 5.44. The van der Waals surface area contributed by atoms with Crippen molar-refractivity contribution in [2.75, 3.05) is 18.1 Å². The van der Waals surface area contributed by atoms with Crippen LogP contribution in [0.25, 0.3) is 0 Å². The molecule has 1 aliphatic heterocycles. The minimum atomic E-state index is -0.423. The second-order valence-corrected chi connectivity index (χ2v) is 7.02. The summed E-state index contributed by atoms with van der Waals surface area (Å²) in [5.41, 5.74) is -0.423. The first kappa shape index (κ1) is 12.7. The van der Waals surface area contributed by atoms with Crippen LogP contribution in [0.5, 0.6) is 0 Å². The Bertz CT molecular complexity index is 228. The zero-order valence-electron chi connectivity index (χ0n) is 10.5. The summed E-state index contributed by atoms with van der Waals surface area (Å²) in [7, 11) is 0. The molecule has 2 rings (SSSR count). The van der Waals surface area contributed by atoms with Gasteiger partial charge in [0, 0.05) is 18.3 Å². The van der Waals surface area contributed by atoms with Crippen LogP contribution in [0.15, 0.2) is 0 Å². The fourth-order valence-electron chi connectivity index (χ4n) is 3.03. The highest BCUT2D eigenvalue weighted by atomic mass is 32.2. The first-order valence-corrected chi connectivity index (χ1v) is 7.78. The van der Waals surface area contributed by atoms with E-state index in [2.05, 4.69) is 19.2 Å². The van der Waals surface area contributed by atoms with E-state index < -0.39 is 5.60 Å². The molecule has 4 unspecified atom stereocenters. The summed E-state index contributed by atoms with van der Waals surface area (Å²) < 4.78 is 0. The lowest BCUT2D eigenvalue weighted by Crippen LogP contribution is -2.48. The molecule has 0 aromatic carbocycles. The van der Waals surface area contributed by atoms with E-state index in [9.17, 15) is 5.11 Å². The molecule has 1 saturated heterocycles. The monoisotopic (exact) mass is 243 g/mol. The number of thioether (sulfide) groups is 1. The lowest BCUT2D eigenvalue weighted by molar-refractivity contribution is 0.0585. The van der Waals surface area contributed by atoms with E-state index in [-0.39, 0.29) is 0 Å². The van der Waals surface area contributed by atoms with Crippen LogP contribution in [-0.2, 0) is 0 Å². The van der Waals surface area contributed by atoms with Crippen LogP contribution in [0.3, 0.4) is 0 Å². The van der Waals surface area contributed by atoms with Gasteiger partial charge in [-0.15, -0.1) is 0 Å². The zero-order valence-corrected chi connectivity index (χ0v) is 11.4. The van der Waals surface area contributed by atoms with Crippen molar-refractivity contribution in [1.29, 1.82) is 0 Å². The molecule has 0 spiro atoms. The van der Waals surface area contributed by atoms with E-state index in [4.69, 9.17) is 0 Å². The maximum Gasteiger partial charge on any atom is 0.0869 e. The fourth-order valence-corrected chi connectivity index (χ4v) is 4.32. The molecule has 3 heteroatoms. The first-order chi connectivity index (χ1) is 7.59. The smallest absolute Gasteiger partial charge is 0.0869 e. The molecule has 2 fully saturated rings. The molecule has 1 saturated carbocycles. The van der Waals surface area contributed by atoms with Crippen LogP contribution in [-0.4, -0.2) is 34.8 Å². The van der Waals surface area contributed by atoms with Gasteiger partial charge in [0.05, 0.1) is 5.60 Å². The standard InChI is InChI=1S/C13H25NOS/c1-10-3-4-12(11(2)7-10)14-8-13(15)5-6-16-9-13/h10-12,14-15H,3-9H2,1-2H3. The second-order valence-electron chi connectivity index (χ2n) is 5.91. The molecule has 16 heavy (non-hydrogen) atoms. The summed E-state index contributed by atoms with van der Waals surface area (Å²) in [4.78, 5) is 0. The van der Waals surface area contributed by atoms with E-state index in [1.807, 2.05) is 11.8 Å². The SMILES string of the molecule is CC1CCC(NCC2(O)CCSC2)C(C)C1. The molecule has 0 amide bonds.